The molecule has 5 heteroatoms. The number of amides is 2. The number of nitrogens with zero attached hydrogens (tertiary/aromatic N) is 1. The number of nitrogens with one attached hydrogen (secondary N) is 1. The van der Waals surface area contributed by atoms with Crippen LogP contribution in [0.15, 0.2) is 0 Å². The number of carbonyl (C=O) groups is 2. The van der Waals surface area contributed by atoms with Gasteiger partial charge in [-0.15, -0.1) is 0 Å². The van der Waals surface area contributed by atoms with E-state index in [0.29, 0.717) is 6.42 Å². The van der Waals surface area contributed by atoms with E-state index in [2.05, 4.69) is 5.32 Å². The second-order valence-electron chi connectivity index (χ2n) is 3.35. The molecule has 82 valence electrons. The molecular formula is C9H18N2O3. The van der Waals surface area contributed by atoms with E-state index < -0.39 is 6.04 Å². The Labute approximate surface area is 84.1 Å². The fourth-order valence-corrected chi connectivity index (χ4v) is 1.00. The molecule has 0 rings (SSSR count). The van der Waals surface area contributed by atoms with Gasteiger partial charge in [0.05, 0.1) is 0 Å². The Bertz CT molecular complexity index is 204. The molecule has 0 aliphatic rings. The molecule has 0 spiro atoms. The fourth-order valence-electron chi connectivity index (χ4n) is 1.00. The van der Waals surface area contributed by atoms with Crippen LogP contribution in [0, 0.1) is 0 Å². The minimum atomic E-state index is -0.504. The molecule has 0 saturated heterocycles. The third-order valence-electron chi connectivity index (χ3n) is 1.75. The van der Waals surface area contributed by atoms with Crippen molar-refractivity contribution in [1.82, 2.24) is 10.2 Å². The first-order valence-electron chi connectivity index (χ1n) is 4.60. The average molecular weight is 202 g/mol. The second kappa shape index (κ2) is 6.37. The van der Waals surface area contributed by atoms with Crippen LogP contribution >= 0.6 is 0 Å². The molecule has 0 saturated carbocycles. The molecule has 0 aliphatic heterocycles. The van der Waals surface area contributed by atoms with Gasteiger partial charge in [0.15, 0.2) is 0 Å². The van der Waals surface area contributed by atoms with Gasteiger partial charge < -0.3 is 15.3 Å². The van der Waals surface area contributed by atoms with Crippen molar-refractivity contribution in [1.29, 1.82) is 0 Å². The van der Waals surface area contributed by atoms with E-state index >= 15 is 0 Å². The fraction of sp³-hybridized carbons (Fsp3) is 0.778. The zero-order valence-corrected chi connectivity index (χ0v) is 8.91. The Morgan fingerprint density at radius 1 is 1.43 bits per heavy atom. The quantitative estimate of drug-likeness (QED) is 0.622. The van der Waals surface area contributed by atoms with Crippen LogP contribution in [0.5, 0.6) is 0 Å². The third kappa shape index (κ3) is 4.81. The average Bonchev–Trinajstić information content (AvgIpc) is 2.13. The van der Waals surface area contributed by atoms with Gasteiger partial charge in [0.1, 0.15) is 6.04 Å². The Kier molecular flexibility index (Phi) is 5.87. The van der Waals surface area contributed by atoms with E-state index in [1.54, 1.807) is 21.0 Å². The molecule has 2 N–H and O–H groups in total. The maximum Gasteiger partial charge on any atom is 0.244 e. The van der Waals surface area contributed by atoms with Gasteiger partial charge in [-0.25, -0.2) is 0 Å². The first-order chi connectivity index (χ1) is 6.49. The van der Waals surface area contributed by atoms with Crippen LogP contribution in [-0.2, 0) is 9.59 Å². The van der Waals surface area contributed by atoms with Crippen LogP contribution in [-0.4, -0.2) is 48.6 Å². The molecule has 5 nitrogen and oxygen atoms in total. The van der Waals surface area contributed by atoms with Crippen LogP contribution in [0.25, 0.3) is 0 Å². The van der Waals surface area contributed by atoms with Gasteiger partial charge >= 0.3 is 0 Å². The SMILES string of the molecule is CC(NC(=O)CCCO)C(=O)N(C)C. The molecule has 0 bridgehead atoms. The van der Waals surface area contributed by atoms with Crippen molar-refractivity contribution in [2.75, 3.05) is 20.7 Å². The summed E-state index contributed by atoms with van der Waals surface area (Å²) in [6.07, 6.45) is 0.677. The number of carbonyl (C=O) groups excluding carboxylic acids is 2. The maximum atomic E-state index is 11.3. The van der Waals surface area contributed by atoms with Gasteiger partial charge in [-0.3, -0.25) is 9.59 Å². The van der Waals surface area contributed by atoms with E-state index in [4.69, 9.17) is 5.11 Å². The summed E-state index contributed by atoms with van der Waals surface area (Å²) < 4.78 is 0. The highest BCUT2D eigenvalue weighted by Gasteiger charge is 2.16. The van der Waals surface area contributed by atoms with Crippen molar-refractivity contribution in [3.8, 4) is 0 Å². The summed E-state index contributed by atoms with van der Waals surface area (Å²) >= 11 is 0. The lowest BCUT2D eigenvalue weighted by atomic mass is 10.2. The number of aliphatic hydroxyl groups excluding tert-OH is 1. The van der Waals surface area contributed by atoms with Gasteiger partial charge in [0.2, 0.25) is 11.8 Å². The lowest BCUT2D eigenvalue weighted by Crippen LogP contribution is -2.44. The van der Waals surface area contributed by atoms with E-state index in [-0.39, 0.29) is 24.8 Å². The van der Waals surface area contributed by atoms with Crippen LogP contribution in [0.1, 0.15) is 19.8 Å². The largest absolute Gasteiger partial charge is 0.396 e. The monoisotopic (exact) mass is 202 g/mol. The second-order valence-corrected chi connectivity index (χ2v) is 3.35. The lowest BCUT2D eigenvalue weighted by molar-refractivity contribution is -0.133. The molecule has 0 radical (unpaired) electrons. The first kappa shape index (κ1) is 12.9. The predicted octanol–water partition coefficient (Wildman–Crippen LogP) is -0.648. The topological polar surface area (TPSA) is 69.6 Å². The predicted molar refractivity (Wildman–Crippen MR) is 52.6 cm³/mol. The zero-order chi connectivity index (χ0) is 11.1. The highest BCUT2D eigenvalue weighted by molar-refractivity contribution is 5.86. The molecule has 14 heavy (non-hydrogen) atoms. The molecule has 1 atom stereocenters. The summed E-state index contributed by atoms with van der Waals surface area (Å²) in [7, 11) is 3.28. The lowest BCUT2D eigenvalue weighted by Gasteiger charge is -2.17. The van der Waals surface area contributed by atoms with Crippen LogP contribution < -0.4 is 5.32 Å². The molecule has 1 unspecified atom stereocenters. The van der Waals surface area contributed by atoms with Crippen LogP contribution in [0.2, 0.25) is 0 Å². The first-order valence-corrected chi connectivity index (χ1v) is 4.60. The summed E-state index contributed by atoms with van der Waals surface area (Å²) in [5.74, 6) is -0.343. The normalized spacial score (nSPS) is 12.0. The molecule has 0 aromatic carbocycles. The van der Waals surface area contributed by atoms with Gasteiger partial charge in [-0.05, 0) is 13.3 Å². The van der Waals surface area contributed by atoms with E-state index in [0.717, 1.165) is 0 Å². The number of hydrogen-bond donors (Lipinski definition) is 2. The summed E-state index contributed by atoms with van der Waals surface area (Å²) in [5, 5.41) is 11.0. The van der Waals surface area contributed by atoms with Gasteiger partial charge in [-0.2, -0.15) is 0 Å². The Balaban J connectivity index is 3.87. The minimum absolute atomic E-state index is 0.0105. The Morgan fingerprint density at radius 2 is 2.00 bits per heavy atom. The molecule has 0 aromatic heterocycles. The minimum Gasteiger partial charge on any atom is -0.396 e. The van der Waals surface area contributed by atoms with Gasteiger partial charge in [-0.1, -0.05) is 0 Å². The third-order valence-corrected chi connectivity index (χ3v) is 1.75. The molecular weight excluding hydrogens is 184 g/mol. The Hall–Kier alpha value is -1.10. The van der Waals surface area contributed by atoms with Crippen LogP contribution in [0.4, 0.5) is 0 Å². The van der Waals surface area contributed by atoms with E-state index in [1.807, 2.05) is 0 Å². The number of aliphatic hydroxyl groups is 1. The van der Waals surface area contributed by atoms with Gasteiger partial charge in [0.25, 0.3) is 0 Å². The van der Waals surface area contributed by atoms with E-state index in [9.17, 15) is 9.59 Å². The molecule has 2 amide bonds. The van der Waals surface area contributed by atoms with E-state index in [1.165, 1.54) is 4.90 Å². The van der Waals surface area contributed by atoms with Crippen molar-refractivity contribution < 1.29 is 14.7 Å². The van der Waals surface area contributed by atoms with Crippen molar-refractivity contribution in [2.24, 2.45) is 0 Å². The molecule has 0 fully saturated rings. The smallest absolute Gasteiger partial charge is 0.244 e. The highest BCUT2D eigenvalue weighted by Crippen LogP contribution is 1.92. The number of hydrogen-bond acceptors (Lipinski definition) is 3. The molecule has 0 aromatic rings. The van der Waals surface area contributed by atoms with Gasteiger partial charge in [0, 0.05) is 27.1 Å². The summed E-state index contributed by atoms with van der Waals surface area (Å²) in [5.41, 5.74) is 0. The number of likely N-dealkylation sites (N-methyl/N-ethyl adjacent to an activating group) is 1. The summed E-state index contributed by atoms with van der Waals surface area (Å²) in [6, 6.07) is -0.504. The number of rotatable bonds is 5. The molecule has 0 heterocycles. The van der Waals surface area contributed by atoms with Crippen molar-refractivity contribution >= 4 is 11.8 Å². The van der Waals surface area contributed by atoms with Crippen LogP contribution in [0.3, 0.4) is 0 Å². The van der Waals surface area contributed by atoms with Crippen molar-refractivity contribution in [3.63, 3.8) is 0 Å². The summed E-state index contributed by atoms with van der Waals surface area (Å²) in [4.78, 5) is 23.9. The van der Waals surface area contributed by atoms with Crippen molar-refractivity contribution in [3.05, 3.63) is 0 Å². The maximum absolute atomic E-state index is 11.3. The summed E-state index contributed by atoms with van der Waals surface area (Å²) in [6.45, 7) is 1.63. The van der Waals surface area contributed by atoms with Crippen molar-refractivity contribution in [2.45, 2.75) is 25.8 Å². The highest BCUT2D eigenvalue weighted by atomic mass is 16.3. The molecule has 0 aliphatic carbocycles. The Morgan fingerprint density at radius 3 is 2.43 bits per heavy atom. The zero-order valence-electron chi connectivity index (χ0n) is 8.91. The standard InChI is InChI=1S/C9H18N2O3/c1-7(9(14)11(2)3)10-8(13)5-4-6-12/h7,12H,4-6H2,1-3H3,(H,10,13).